The van der Waals surface area contributed by atoms with E-state index in [0.717, 1.165) is 5.69 Å². The molecule has 0 aliphatic rings. The van der Waals surface area contributed by atoms with E-state index >= 15 is 0 Å². The van der Waals surface area contributed by atoms with Crippen LogP contribution in [0.1, 0.15) is 6.92 Å². The van der Waals surface area contributed by atoms with E-state index in [4.69, 9.17) is 11.6 Å². The molecule has 0 atom stereocenters. The Balaban J connectivity index is 2.20. The molecule has 2 rings (SSSR count). The number of hydrogen-bond acceptors (Lipinski definition) is 2. The van der Waals surface area contributed by atoms with Gasteiger partial charge in [-0.3, -0.25) is 9.59 Å². The monoisotopic (exact) mass is 316 g/mol. The minimum atomic E-state index is -0.233. The number of carbonyl (C=O) groups is 2. The fourth-order valence-electron chi connectivity index (χ4n) is 2.07. The van der Waals surface area contributed by atoms with E-state index in [-0.39, 0.29) is 18.4 Å². The fourth-order valence-corrected chi connectivity index (χ4v) is 2.31. The predicted molar refractivity (Wildman–Crippen MR) is 89.3 cm³/mol. The molecule has 0 N–H and O–H groups in total. The minimum absolute atomic E-state index is 0.0650. The lowest BCUT2D eigenvalue weighted by atomic mass is 10.2. The van der Waals surface area contributed by atoms with Gasteiger partial charge in [0.15, 0.2) is 0 Å². The van der Waals surface area contributed by atoms with Gasteiger partial charge < -0.3 is 9.80 Å². The first-order chi connectivity index (χ1) is 10.5. The zero-order valence-corrected chi connectivity index (χ0v) is 13.2. The van der Waals surface area contributed by atoms with Crippen LogP contribution < -0.4 is 9.80 Å². The van der Waals surface area contributed by atoms with Gasteiger partial charge in [0, 0.05) is 19.7 Å². The molecule has 2 aromatic rings. The number of anilines is 2. The molecule has 2 aromatic carbocycles. The summed E-state index contributed by atoms with van der Waals surface area (Å²) in [6.45, 7) is 1.35. The van der Waals surface area contributed by atoms with Gasteiger partial charge in [0.25, 0.3) is 0 Å². The molecule has 0 saturated carbocycles. The lowest BCUT2D eigenvalue weighted by Crippen LogP contribution is -2.41. The normalized spacial score (nSPS) is 10.1. The third kappa shape index (κ3) is 3.65. The summed E-state index contributed by atoms with van der Waals surface area (Å²) in [6.07, 6.45) is 0. The quantitative estimate of drug-likeness (QED) is 0.868. The lowest BCUT2D eigenvalue weighted by Gasteiger charge is -2.25. The number of halogens is 1. The van der Waals surface area contributed by atoms with E-state index in [2.05, 4.69) is 0 Å². The van der Waals surface area contributed by atoms with Gasteiger partial charge in [-0.2, -0.15) is 0 Å². The summed E-state index contributed by atoms with van der Waals surface area (Å²) in [5, 5.41) is 0.438. The average Bonchev–Trinajstić information content (AvgIpc) is 2.53. The van der Waals surface area contributed by atoms with Gasteiger partial charge in [-0.1, -0.05) is 41.9 Å². The number of hydrogen-bond donors (Lipinski definition) is 0. The van der Waals surface area contributed by atoms with E-state index < -0.39 is 0 Å². The van der Waals surface area contributed by atoms with Gasteiger partial charge in [0.1, 0.15) is 6.54 Å². The summed E-state index contributed by atoms with van der Waals surface area (Å²) in [5.41, 5.74) is 1.31. The Morgan fingerprint density at radius 2 is 1.59 bits per heavy atom. The maximum Gasteiger partial charge on any atom is 0.246 e. The van der Waals surface area contributed by atoms with Crippen molar-refractivity contribution in [1.82, 2.24) is 0 Å². The second-order valence-corrected chi connectivity index (χ2v) is 5.25. The van der Waals surface area contributed by atoms with Crippen LogP contribution in [0.25, 0.3) is 0 Å². The number of carbonyl (C=O) groups excluding carboxylic acids is 2. The van der Waals surface area contributed by atoms with Crippen molar-refractivity contribution in [2.75, 3.05) is 23.4 Å². The molecule has 0 fully saturated rings. The molecule has 0 heterocycles. The number of amides is 2. The first kappa shape index (κ1) is 16.0. The van der Waals surface area contributed by atoms with Gasteiger partial charge in [-0.15, -0.1) is 0 Å². The minimum Gasteiger partial charge on any atom is -0.314 e. The van der Waals surface area contributed by atoms with Gasteiger partial charge >= 0.3 is 0 Å². The molecule has 0 bridgehead atoms. The zero-order valence-electron chi connectivity index (χ0n) is 12.5. The molecule has 0 spiro atoms. The summed E-state index contributed by atoms with van der Waals surface area (Å²) in [7, 11) is 1.68. The van der Waals surface area contributed by atoms with Crippen LogP contribution in [0.4, 0.5) is 11.4 Å². The Morgan fingerprint density at radius 1 is 1.00 bits per heavy atom. The summed E-state index contributed by atoms with van der Waals surface area (Å²) in [6, 6.07) is 16.2. The van der Waals surface area contributed by atoms with Gasteiger partial charge in [-0.25, -0.2) is 0 Å². The topological polar surface area (TPSA) is 40.6 Å². The van der Waals surface area contributed by atoms with Crippen molar-refractivity contribution in [2.45, 2.75) is 6.92 Å². The molecule has 4 nitrogen and oxygen atoms in total. The number of benzene rings is 2. The first-order valence-electron chi connectivity index (χ1n) is 6.85. The van der Waals surface area contributed by atoms with Crippen LogP contribution in [0, 0.1) is 0 Å². The van der Waals surface area contributed by atoms with Gasteiger partial charge in [0.2, 0.25) is 11.8 Å². The van der Waals surface area contributed by atoms with Gasteiger partial charge in [0.05, 0.1) is 10.7 Å². The van der Waals surface area contributed by atoms with E-state index in [1.807, 2.05) is 30.3 Å². The molecule has 0 unspecified atom stereocenters. The average molecular weight is 317 g/mol. The fraction of sp³-hybridized carbons (Fsp3) is 0.176. The summed E-state index contributed by atoms with van der Waals surface area (Å²) < 4.78 is 0. The Kier molecular flexibility index (Phi) is 5.17. The largest absolute Gasteiger partial charge is 0.314 e. The Labute approximate surface area is 134 Å². The number of likely N-dealkylation sites (N-methyl/N-ethyl adjacent to an activating group) is 1. The third-order valence-corrected chi connectivity index (χ3v) is 3.65. The molecule has 22 heavy (non-hydrogen) atoms. The van der Waals surface area contributed by atoms with Crippen LogP contribution >= 0.6 is 11.6 Å². The highest BCUT2D eigenvalue weighted by Crippen LogP contribution is 2.25. The smallest absolute Gasteiger partial charge is 0.246 e. The molecule has 114 valence electrons. The van der Waals surface area contributed by atoms with Gasteiger partial charge in [-0.05, 0) is 24.3 Å². The van der Waals surface area contributed by atoms with Crippen molar-refractivity contribution in [1.29, 1.82) is 0 Å². The molecular formula is C17H17ClN2O2. The van der Waals surface area contributed by atoms with Crippen LogP contribution in [0.2, 0.25) is 5.02 Å². The molecule has 0 aromatic heterocycles. The summed E-state index contributed by atoms with van der Waals surface area (Å²) in [4.78, 5) is 27.2. The predicted octanol–water partition coefficient (Wildman–Crippen LogP) is 3.36. The first-order valence-corrected chi connectivity index (χ1v) is 7.22. The molecule has 0 saturated heterocycles. The van der Waals surface area contributed by atoms with Crippen LogP contribution in [0.3, 0.4) is 0 Å². The van der Waals surface area contributed by atoms with Crippen molar-refractivity contribution in [3.05, 3.63) is 59.6 Å². The highest BCUT2D eigenvalue weighted by atomic mass is 35.5. The third-order valence-electron chi connectivity index (χ3n) is 3.33. The Hall–Kier alpha value is -2.33. The molecule has 0 radical (unpaired) electrons. The van der Waals surface area contributed by atoms with E-state index in [9.17, 15) is 9.59 Å². The highest BCUT2D eigenvalue weighted by molar-refractivity contribution is 6.33. The van der Waals surface area contributed by atoms with E-state index in [0.29, 0.717) is 10.7 Å². The Morgan fingerprint density at radius 3 is 2.18 bits per heavy atom. The van der Waals surface area contributed by atoms with Crippen molar-refractivity contribution in [3.8, 4) is 0 Å². The number of rotatable bonds is 4. The molecular weight excluding hydrogens is 300 g/mol. The number of para-hydroxylation sites is 2. The van der Waals surface area contributed by atoms with Crippen molar-refractivity contribution >= 4 is 34.8 Å². The van der Waals surface area contributed by atoms with Crippen molar-refractivity contribution in [2.24, 2.45) is 0 Å². The molecule has 0 aliphatic heterocycles. The highest BCUT2D eigenvalue weighted by Gasteiger charge is 2.20. The second-order valence-electron chi connectivity index (χ2n) is 4.84. The van der Waals surface area contributed by atoms with E-state index in [1.165, 1.54) is 16.7 Å². The standard InChI is InChI=1S/C17H17ClN2O2/c1-13(21)20(16-11-7-6-10-15(16)18)12-17(22)19(2)14-8-4-3-5-9-14/h3-11H,12H2,1-2H3. The van der Waals surface area contributed by atoms with Crippen LogP contribution in [0.15, 0.2) is 54.6 Å². The molecule has 2 amide bonds. The second kappa shape index (κ2) is 7.09. The maximum absolute atomic E-state index is 12.4. The maximum atomic E-state index is 12.4. The summed E-state index contributed by atoms with van der Waals surface area (Å²) in [5.74, 6) is -0.427. The molecule has 0 aliphatic carbocycles. The molecule has 5 heteroatoms. The van der Waals surface area contributed by atoms with Crippen molar-refractivity contribution in [3.63, 3.8) is 0 Å². The lowest BCUT2D eigenvalue weighted by molar-refractivity contribution is -0.121. The van der Waals surface area contributed by atoms with Crippen LogP contribution in [-0.2, 0) is 9.59 Å². The van der Waals surface area contributed by atoms with E-state index in [1.54, 1.807) is 31.3 Å². The zero-order chi connectivity index (χ0) is 16.1. The van der Waals surface area contributed by atoms with Crippen LogP contribution in [-0.4, -0.2) is 25.4 Å². The van der Waals surface area contributed by atoms with Crippen LogP contribution in [0.5, 0.6) is 0 Å². The number of nitrogens with zero attached hydrogens (tertiary/aromatic N) is 2. The van der Waals surface area contributed by atoms with Crippen molar-refractivity contribution < 1.29 is 9.59 Å². The Bertz CT molecular complexity index is 673. The summed E-state index contributed by atoms with van der Waals surface area (Å²) >= 11 is 6.12. The SMILES string of the molecule is CC(=O)N(CC(=O)N(C)c1ccccc1)c1ccccc1Cl.